The van der Waals surface area contributed by atoms with Crippen molar-refractivity contribution in [3.8, 4) is 5.75 Å². The van der Waals surface area contributed by atoms with E-state index < -0.39 is 11.6 Å². The molecule has 6 rings (SSSR count). The Bertz CT molecular complexity index is 1150. The molecule has 2 amide bonds. The van der Waals surface area contributed by atoms with E-state index in [0.717, 1.165) is 53.9 Å². The number of nitrogens with zero attached hydrogens (tertiary/aromatic N) is 2. The summed E-state index contributed by atoms with van der Waals surface area (Å²) in [4.78, 5) is 33.2. The fourth-order valence-electron chi connectivity index (χ4n) is 6.64. The van der Waals surface area contributed by atoms with Gasteiger partial charge in [-0.15, -0.1) is 11.3 Å². The van der Waals surface area contributed by atoms with E-state index >= 15 is 0 Å². The number of rotatable bonds is 9. The van der Waals surface area contributed by atoms with Gasteiger partial charge in [0.1, 0.15) is 17.3 Å². The third-order valence-corrected chi connectivity index (χ3v) is 10.5. The summed E-state index contributed by atoms with van der Waals surface area (Å²) in [6.07, 6.45) is 10.6. The van der Waals surface area contributed by atoms with Crippen LogP contribution in [0.2, 0.25) is 5.02 Å². The van der Waals surface area contributed by atoms with Gasteiger partial charge in [0.15, 0.2) is 0 Å². The Morgan fingerprint density at radius 2 is 1.79 bits per heavy atom. The zero-order valence-electron chi connectivity index (χ0n) is 22.7. The van der Waals surface area contributed by atoms with Crippen LogP contribution in [0.3, 0.4) is 0 Å². The van der Waals surface area contributed by atoms with Gasteiger partial charge in [0, 0.05) is 29.5 Å². The SMILES string of the molecule is O=C1C(CC2CCCCC2)NC(=O)C2(CCN(Cc3ccc(OCC4CC4)cc3Cl)CC2)N1Cc1cccs1. The maximum atomic E-state index is 14.0. The van der Waals surface area contributed by atoms with Crippen molar-refractivity contribution in [2.45, 2.75) is 88.9 Å². The number of carbonyl (C=O) groups is 2. The monoisotopic (exact) mass is 569 g/mol. The second kappa shape index (κ2) is 11.8. The maximum absolute atomic E-state index is 14.0. The van der Waals surface area contributed by atoms with Crippen molar-refractivity contribution in [3.63, 3.8) is 0 Å². The van der Waals surface area contributed by atoms with E-state index in [0.29, 0.717) is 31.2 Å². The lowest BCUT2D eigenvalue weighted by Gasteiger charge is -2.52. The van der Waals surface area contributed by atoms with Crippen LogP contribution in [0.4, 0.5) is 0 Å². The standard InChI is InChI=1S/C31H40ClN3O3S/c32-27-18-25(38-21-23-8-9-23)11-10-24(27)19-34-14-12-31(13-15-34)30(37)33-28(17-22-5-2-1-3-6-22)29(36)35(31)20-26-7-4-16-39-26/h4,7,10-11,16,18,22-23,28H,1-3,5-6,8-9,12-15,17,19-21H2,(H,33,37). The smallest absolute Gasteiger partial charge is 0.246 e. The van der Waals surface area contributed by atoms with E-state index in [4.69, 9.17) is 16.3 Å². The number of hydrogen-bond donors (Lipinski definition) is 1. The molecule has 1 atom stereocenters. The van der Waals surface area contributed by atoms with Crippen LogP contribution >= 0.6 is 22.9 Å². The quantitative estimate of drug-likeness (QED) is 0.401. The van der Waals surface area contributed by atoms with Gasteiger partial charge in [-0.3, -0.25) is 14.5 Å². The predicted octanol–water partition coefficient (Wildman–Crippen LogP) is 6.02. The number of nitrogens with one attached hydrogen (secondary N) is 1. The molecular weight excluding hydrogens is 530 g/mol. The Balaban J connectivity index is 1.13. The average Bonchev–Trinajstić information content (AvgIpc) is 3.64. The molecule has 6 nitrogen and oxygen atoms in total. The highest BCUT2D eigenvalue weighted by atomic mass is 35.5. The molecule has 1 spiro atoms. The van der Waals surface area contributed by atoms with Crippen molar-refractivity contribution in [1.82, 2.24) is 15.1 Å². The van der Waals surface area contributed by atoms with Gasteiger partial charge in [-0.2, -0.15) is 0 Å². The Morgan fingerprint density at radius 1 is 1.00 bits per heavy atom. The molecule has 210 valence electrons. The van der Waals surface area contributed by atoms with Gasteiger partial charge in [0.2, 0.25) is 11.8 Å². The van der Waals surface area contributed by atoms with Crippen molar-refractivity contribution >= 4 is 34.8 Å². The molecule has 0 radical (unpaired) electrons. The largest absolute Gasteiger partial charge is 0.493 e. The Hall–Kier alpha value is -2.09. The molecule has 2 saturated heterocycles. The number of hydrogen-bond acceptors (Lipinski definition) is 5. The van der Waals surface area contributed by atoms with Crippen molar-refractivity contribution in [2.75, 3.05) is 19.7 Å². The number of likely N-dealkylation sites (tertiary alicyclic amines) is 1. The molecule has 2 aliphatic carbocycles. The van der Waals surface area contributed by atoms with E-state index in [1.807, 2.05) is 28.5 Å². The van der Waals surface area contributed by atoms with E-state index in [1.165, 1.54) is 44.9 Å². The second-order valence-electron chi connectivity index (χ2n) is 12.1. The molecule has 39 heavy (non-hydrogen) atoms. The van der Waals surface area contributed by atoms with Crippen LogP contribution in [0.5, 0.6) is 5.75 Å². The molecule has 1 N–H and O–H groups in total. The Morgan fingerprint density at radius 3 is 2.49 bits per heavy atom. The Labute approximate surface area is 241 Å². The molecular formula is C31H40ClN3O3S. The minimum atomic E-state index is -0.787. The van der Waals surface area contributed by atoms with Crippen LogP contribution in [0.15, 0.2) is 35.7 Å². The van der Waals surface area contributed by atoms with Gasteiger partial charge in [0.05, 0.1) is 13.2 Å². The van der Waals surface area contributed by atoms with Crippen LogP contribution in [-0.4, -0.2) is 52.9 Å². The van der Waals surface area contributed by atoms with Gasteiger partial charge in [-0.1, -0.05) is 55.8 Å². The van der Waals surface area contributed by atoms with Crippen molar-refractivity contribution in [1.29, 1.82) is 0 Å². The summed E-state index contributed by atoms with van der Waals surface area (Å²) >= 11 is 8.30. The molecule has 0 bridgehead atoms. The van der Waals surface area contributed by atoms with Crippen LogP contribution in [0, 0.1) is 11.8 Å². The summed E-state index contributed by atoms with van der Waals surface area (Å²) in [6, 6.07) is 9.69. The van der Waals surface area contributed by atoms with E-state index in [1.54, 1.807) is 11.3 Å². The summed E-state index contributed by atoms with van der Waals surface area (Å²) in [5, 5.41) is 5.98. The van der Waals surface area contributed by atoms with E-state index in [9.17, 15) is 9.59 Å². The molecule has 2 aromatic rings. The predicted molar refractivity (Wildman–Crippen MR) is 155 cm³/mol. The third kappa shape index (κ3) is 6.15. The van der Waals surface area contributed by atoms with Crippen LogP contribution in [0.1, 0.15) is 74.6 Å². The number of thiophene rings is 1. The number of piperidine rings is 1. The lowest BCUT2D eigenvalue weighted by molar-refractivity contribution is -0.162. The zero-order chi connectivity index (χ0) is 26.8. The average molecular weight is 570 g/mol. The fraction of sp³-hybridized carbons (Fsp3) is 0.613. The highest BCUT2D eigenvalue weighted by Gasteiger charge is 2.53. The maximum Gasteiger partial charge on any atom is 0.246 e. The summed E-state index contributed by atoms with van der Waals surface area (Å²) in [7, 11) is 0. The van der Waals surface area contributed by atoms with Gasteiger partial charge in [-0.25, -0.2) is 0 Å². The Kier molecular flexibility index (Phi) is 8.20. The van der Waals surface area contributed by atoms with Gasteiger partial charge >= 0.3 is 0 Å². The van der Waals surface area contributed by atoms with Crippen molar-refractivity contribution in [3.05, 3.63) is 51.2 Å². The van der Waals surface area contributed by atoms with E-state index in [2.05, 4.69) is 22.3 Å². The van der Waals surface area contributed by atoms with Crippen molar-refractivity contribution < 1.29 is 14.3 Å². The molecule has 1 aromatic carbocycles. The molecule has 2 aliphatic heterocycles. The van der Waals surface area contributed by atoms with Crippen molar-refractivity contribution in [2.24, 2.45) is 11.8 Å². The molecule has 3 heterocycles. The molecule has 4 aliphatic rings. The van der Waals surface area contributed by atoms with Gasteiger partial charge in [0.25, 0.3) is 0 Å². The normalized spacial score (nSPS) is 24.2. The van der Waals surface area contributed by atoms with Crippen LogP contribution < -0.4 is 10.1 Å². The summed E-state index contributed by atoms with van der Waals surface area (Å²) < 4.78 is 5.88. The first-order valence-corrected chi connectivity index (χ1v) is 16.0. The third-order valence-electron chi connectivity index (χ3n) is 9.28. The number of piperazine rings is 1. The number of ether oxygens (including phenoxy) is 1. The first-order chi connectivity index (χ1) is 19.0. The van der Waals surface area contributed by atoms with Crippen LogP contribution in [-0.2, 0) is 22.7 Å². The lowest BCUT2D eigenvalue weighted by atomic mass is 9.79. The molecule has 4 fully saturated rings. The highest BCUT2D eigenvalue weighted by molar-refractivity contribution is 7.09. The minimum Gasteiger partial charge on any atom is -0.493 e. The molecule has 8 heteroatoms. The lowest BCUT2D eigenvalue weighted by Crippen LogP contribution is -2.72. The zero-order valence-corrected chi connectivity index (χ0v) is 24.3. The molecule has 1 aromatic heterocycles. The van der Waals surface area contributed by atoms with Crippen LogP contribution in [0.25, 0.3) is 0 Å². The first-order valence-electron chi connectivity index (χ1n) is 14.8. The fourth-order valence-corrected chi connectivity index (χ4v) is 7.57. The second-order valence-corrected chi connectivity index (χ2v) is 13.5. The molecule has 2 saturated carbocycles. The number of halogens is 1. The van der Waals surface area contributed by atoms with E-state index in [-0.39, 0.29) is 11.8 Å². The van der Waals surface area contributed by atoms with Gasteiger partial charge < -0.3 is 15.0 Å². The van der Waals surface area contributed by atoms with Gasteiger partial charge in [-0.05, 0) is 73.1 Å². The number of amides is 2. The molecule has 1 unspecified atom stereocenters. The minimum absolute atomic E-state index is 0.0364. The topological polar surface area (TPSA) is 61.9 Å². The summed E-state index contributed by atoms with van der Waals surface area (Å²) in [6.45, 7) is 3.49. The highest BCUT2D eigenvalue weighted by Crippen LogP contribution is 2.38. The number of carbonyl (C=O) groups excluding carboxylic acids is 2. The summed E-state index contributed by atoms with van der Waals surface area (Å²) in [5.41, 5.74) is 0.281. The summed E-state index contributed by atoms with van der Waals surface area (Å²) in [5.74, 6) is 2.21. The first kappa shape index (κ1) is 27.1. The number of benzene rings is 1.